The Bertz CT molecular complexity index is 102. The van der Waals surface area contributed by atoms with E-state index < -0.39 is 0 Å². The summed E-state index contributed by atoms with van der Waals surface area (Å²) in [4.78, 5) is 12.8. The third kappa shape index (κ3) is 3.67. The van der Waals surface area contributed by atoms with Crippen LogP contribution in [0.25, 0.3) is 0 Å². The van der Waals surface area contributed by atoms with E-state index in [9.17, 15) is 4.79 Å². The summed E-state index contributed by atoms with van der Waals surface area (Å²) in [5.41, 5.74) is 0. The SMILES string of the molecule is [B]CC(=O)CN(CC)CC. The molecular weight excluding hydrogens is 125 g/mol. The van der Waals surface area contributed by atoms with Crippen LogP contribution in [0.5, 0.6) is 0 Å². The Balaban J connectivity index is 3.52. The summed E-state index contributed by atoms with van der Waals surface area (Å²) in [5.74, 6) is 0.115. The summed E-state index contributed by atoms with van der Waals surface area (Å²) < 4.78 is 0. The van der Waals surface area contributed by atoms with Crippen molar-refractivity contribution in [3.05, 3.63) is 0 Å². The van der Waals surface area contributed by atoms with Gasteiger partial charge in [-0.2, -0.15) is 0 Å². The van der Waals surface area contributed by atoms with Gasteiger partial charge in [-0.25, -0.2) is 0 Å². The van der Waals surface area contributed by atoms with Crippen molar-refractivity contribution in [2.75, 3.05) is 19.6 Å². The molecule has 0 saturated heterocycles. The summed E-state index contributed by atoms with van der Waals surface area (Å²) >= 11 is 0. The van der Waals surface area contributed by atoms with E-state index in [0.717, 1.165) is 13.1 Å². The van der Waals surface area contributed by atoms with Gasteiger partial charge in [-0.3, -0.25) is 9.69 Å². The van der Waals surface area contributed by atoms with Crippen LogP contribution in [-0.4, -0.2) is 38.2 Å². The molecular formula is C7H14BNO. The highest BCUT2D eigenvalue weighted by molar-refractivity contribution is 6.20. The Morgan fingerprint density at radius 1 is 1.40 bits per heavy atom. The van der Waals surface area contributed by atoms with Gasteiger partial charge in [0.1, 0.15) is 5.78 Å². The summed E-state index contributed by atoms with van der Waals surface area (Å²) in [6.45, 7) is 6.41. The number of hydrogen-bond donors (Lipinski definition) is 0. The van der Waals surface area contributed by atoms with Crippen LogP contribution in [0, 0.1) is 0 Å². The first-order valence-electron chi connectivity index (χ1n) is 3.68. The Hall–Kier alpha value is -0.305. The molecule has 0 aliphatic carbocycles. The first-order valence-corrected chi connectivity index (χ1v) is 3.68. The third-order valence-electron chi connectivity index (χ3n) is 1.52. The maximum absolute atomic E-state index is 10.8. The van der Waals surface area contributed by atoms with Crippen molar-refractivity contribution in [2.24, 2.45) is 0 Å². The van der Waals surface area contributed by atoms with Gasteiger partial charge in [0.25, 0.3) is 0 Å². The molecule has 0 aromatic carbocycles. The molecule has 3 heteroatoms. The molecule has 56 valence electrons. The number of rotatable bonds is 5. The molecule has 0 aliphatic rings. The molecule has 0 rings (SSSR count). The van der Waals surface area contributed by atoms with E-state index >= 15 is 0 Å². The zero-order valence-electron chi connectivity index (χ0n) is 6.76. The lowest BCUT2D eigenvalue weighted by Gasteiger charge is -2.15. The summed E-state index contributed by atoms with van der Waals surface area (Å²) in [6, 6.07) is 0. The molecule has 0 saturated carbocycles. The Kier molecular flexibility index (Phi) is 5.31. The van der Waals surface area contributed by atoms with Gasteiger partial charge in [-0.1, -0.05) is 13.8 Å². The highest BCUT2D eigenvalue weighted by atomic mass is 16.1. The molecule has 0 aromatic heterocycles. The largest absolute Gasteiger partial charge is 0.299 e. The molecule has 2 nitrogen and oxygen atoms in total. The van der Waals surface area contributed by atoms with E-state index in [1.807, 2.05) is 13.8 Å². The molecule has 10 heavy (non-hydrogen) atoms. The second-order valence-electron chi connectivity index (χ2n) is 2.20. The van der Waals surface area contributed by atoms with Gasteiger partial charge < -0.3 is 0 Å². The van der Waals surface area contributed by atoms with Crippen LogP contribution in [0.1, 0.15) is 13.8 Å². The smallest absolute Gasteiger partial charge is 0.138 e. The lowest BCUT2D eigenvalue weighted by molar-refractivity contribution is -0.118. The van der Waals surface area contributed by atoms with E-state index in [1.54, 1.807) is 0 Å². The van der Waals surface area contributed by atoms with Crippen molar-refractivity contribution in [1.29, 1.82) is 0 Å². The highest BCUT2D eigenvalue weighted by Crippen LogP contribution is 1.88. The zero-order chi connectivity index (χ0) is 7.98. The molecule has 0 heterocycles. The average Bonchev–Trinajstić information content (AvgIpc) is 1.99. The fourth-order valence-corrected chi connectivity index (χ4v) is 0.761. The van der Waals surface area contributed by atoms with Crippen molar-refractivity contribution in [1.82, 2.24) is 4.90 Å². The number of nitrogens with zero attached hydrogens (tertiary/aromatic N) is 1. The minimum Gasteiger partial charge on any atom is -0.299 e. The number of ketones is 1. The first-order chi connectivity index (χ1) is 4.74. The van der Waals surface area contributed by atoms with Crippen molar-refractivity contribution >= 4 is 13.6 Å². The van der Waals surface area contributed by atoms with Crippen LogP contribution in [0.2, 0.25) is 6.32 Å². The van der Waals surface area contributed by atoms with Gasteiger partial charge in [0.2, 0.25) is 0 Å². The molecule has 0 aromatic rings. The van der Waals surface area contributed by atoms with Crippen LogP contribution < -0.4 is 0 Å². The average molecular weight is 139 g/mol. The fourth-order valence-electron chi connectivity index (χ4n) is 0.761. The second-order valence-corrected chi connectivity index (χ2v) is 2.20. The number of likely N-dealkylation sites (N-methyl/N-ethyl adjacent to an activating group) is 1. The van der Waals surface area contributed by atoms with Crippen LogP contribution >= 0.6 is 0 Å². The molecule has 0 bridgehead atoms. The lowest BCUT2D eigenvalue weighted by atomic mass is 10.0. The molecule has 0 aliphatic heterocycles. The third-order valence-corrected chi connectivity index (χ3v) is 1.52. The first kappa shape index (κ1) is 9.69. The quantitative estimate of drug-likeness (QED) is 0.516. The van der Waals surface area contributed by atoms with E-state index in [0.29, 0.717) is 6.54 Å². The molecule has 0 spiro atoms. The Morgan fingerprint density at radius 2 is 1.90 bits per heavy atom. The maximum Gasteiger partial charge on any atom is 0.138 e. The minimum absolute atomic E-state index is 0.115. The molecule has 0 atom stereocenters. The Morgan fingerprint density at radius 3 is 2.20 bits per heavy atom. The minimum atomic E-state index is 0.115. The topological polar surface area (TPSA) is 20.3 Å². The molecule has 0 N–H and O–H groups in total. The van der Waals surface area contributed by atoms with Crippen molar-refractivity contribution in [2.45, 2.75) is 20.2 Å². The van der Waals surface area contributed by atoms with E-state index in [1.165, 1.54) is 0 Å². The van der Waals surface area contributed by atoms with Crippen LogP contribution in [0.15, 0.2) is 0 Å². The van der Waals surface area contributed by atoms with Crippen LogP contribution in [-0.2, 0) is 4.79 Å². The zero-order valence-corrected chi connectivity index (χ0v) is 6.76. The van der Waals surface area contributed by atoms with Gasteiger partial charge in [0.05, 0.1) is 14.4 Å². The lowest BCUT2D eigenvalue weighted by Crippen LogP contribution is -2.29. The Labute approximate surface area is 64.0 Å². The number of Topliss-reactive ketones (excluding diaryl/α,β-unsaturated/α-hetero) is 1. The van der Waals surface area contributed by atoms with E-state index in [4.69, 9.17) is 7.85 Å². The molecule has 0 unspecified atom stereocenters. The number of carbonyl (C=O) groups is 1. The second kappa shape index (κ2) is 5.48. The summed E-state index contributed by atoms with van der Waals surface area (Å²) in [5, 5.41) is 0. The summed E-state index contributed by atoms with van der Waals surface area (Å²) in [6.07, 6.45) is 0.163. The normalized spacial score (nSPS) is 10.3. The van der Waals surface area contributed by atoms with Crippen LogP contribution in [0.4, 0.5) is 0 Å². The van der Waals surface area contributed by atoms with Crippen molar-refractivity contribution in [3.8, 4) is 0 Å². The number of carbonyl (C=O) groups excluding carboxylic acids is 1. The van der Waals surface area contributed by atoms with Gasteiger partial charge in [-0.05, 0) is 19.4 Å². The predicted molar refractivity (Wildman–Crippen MR) is 43.4 cm³/mol. The monoisotopic (exact) mass is 139 g/mol. The molecule has 0 fully saturated rings. The molecule has 2 radical (unpaired) electrons. The molecule has 0 amide bonds. The van der Waals surface area contributed by atoms with Crippen molar-refractivity contribution in [3.63, 3.8) is 0 Å². The fraction of sp³-hybridized carbons (Fsp3) is 0.857. The van der Waals surface area contributed by atoms with Gasteiger partial charge in [0, 0.05) is 0 Å². The van der Waals surface area contributed by atoms with Gasteiger partial charge >= 0.3 is 0 Å². The number of hydrogen-bond acceptors (Lipinski definition) is 2. The maximum atomic E-state index is 10.8. The highest BCUT2D eigenvalue weighted by Gasteiger charge is 2.03. The van der Waals surface area contributed by atoms with Gasteiger partial charge in [0.15, 0.2) is 0 Å². The summed E-state index contributed by atoms with van der Waals surface area (Å²) in [7, 11) is 5.15. The van der Waals surface area contributed by atoms with Crippen molar-refractivity contribution < 1.29 is 4.79 Å². The van der Waals surface area contributed by atoms with Gasteiger partial charge in [-0.15, -0.1) is 0 Å². The van der Waals surface area contributed by atoms with E-state index in [-0.39, 0.29) is 12.1 Å². The van der Waals surface area contributed by atoms with E-state index in [2.05, 4.69) is 4.90 Å². The predicted octanol–water partition coefficient (Wildman–Crippen LogP) is 0.484. The standard InChI is InChI=1S/C7H14BNO/c1-3-9(4-2)6-7(10)5-8/h3-6H2,1-2H3. The van der Waals surface area contributed by atoms with Crippen LogP contribution in [0.3, 0.4) is 0 Å².